The molecule has 4 N–H and O–H groups in total. The number of amides is 2. The van der Waals surface area contributed by atoms with Crippen LogP contribution >= 0.6 is 12.4 Å². The fourth-order valence-electron chi connectivity index (χ4n) is 1.80. The first-order valence-corrected chi connectivity index (χ1v) is 6.45. The van der Waals surface area contributed by atoms with E-state index in [4.69, 9.17) is 16.2 Å². The molecule has 0 aliphatic heterocycles. The van der Waals surface area contributed by atoms with Gasteiger partial charge >= 0.3 is 0 Å². The SMILES string of the molecule is COC(CN)CC(=O)N(CCC(N)=O)c1ccccc1.Cl. The Kier molecular flexibility index (Phi) is 9.36. The van der Waals surface area contributed by atoms with E-state index in [1.165, 1.54) is 12.0 Å². The predicted molar refractivity (Wildman–Crippen MR) is 84.3 cm³/mol. The Balaban J connectivity index is 0.00000400. The monoisotopic (exact) mass is 315 g/mol. The first-order chi connectivity index (χ1) is 9.58. The van der Waals surface area contributed by atoms with E-state index in [9.17, 15) is 9.59 Å². The molecule has 2 amide bonds. The number of benzene rings is 1. The van der Waals surface area contributed by atoms with Crippen LogP contribution in [0, 0.1) is 0 Å². The molecule has 1 aromatic carbocycles. The minimum Gasteiger partial charge on any atom is -0.380 e. The van der Waals surface area contributed by atoms with E-state index < -0.39 is 5.91 Å². The van der Waals surface area contributed by atoms with Crippen molar-refractivity contribution in [2.24, 2.45) is 11.5 Å². The van der Waals surface area contributed by atoms with Crippen molar-refractivity contribution in [1.82, 2.24) is 0 Å². The third kappa shape index (κ3) is 6.57. The number of hydrogen-bond donors (Lipinski definition) is 2. The van der Waals surface area contributed by atoms with Crippen LogP contribution in [0.2, 0.25) is 0 Å². The summed E-state index contributed by atoms with van der Waals surface area (Å²) in [4.78, 5) is 24.8. The van der Waals surface area contributed by atoms with Crippen molar-refractivity contribution in [3.63, 3.8) is 0 Å². The molecule has 0 heterocycles. The lowest BCUT2D eigenvalue weighted by molar-refractivity contribution is -0.121. The second-order valence-electron chi connectivity index (χ2n) is 4.39. The zero-order valence-electron chi connectivity index (χ0n) is 12.0. The molecule has 1 unspecified atom stereocenters. The van der Waals surface area contributed by atoms with Crippen LogP contribution in [0.25, 0.3) is 0 Å². The highest BCUT2D eigenvalue weighted by Crippen LogP contribution is 2.16. The molecule has 0 aromatic heterocycles. The highest BCUT2D eigenvalue weighted by Gasteiger charge is 2.20. The number of anilines is 1. The number of nitrogens with two attached hydrogens (primary N) is 2. The number of carbonyl (C=O) groups excluding carboxylic acids is 2. The number of primary amides is 1. The average Bonchev–Trinajstić information content (AvgIpc) is 2.45. The van der Waals surface area contributed by atoms with Gasteiger partial charge in [0, 0.05) is 32.3 Å². The topological polar surface area (TPSA) is 98.7 Å². The van der Waals surface area contributed by atoms with Gasteiger partial charge in [-0.25, -0.2) is 0 Å². The Morgan fingerprint density at radius 3 is 2.38 bits per heavy atom. The van der Waals surface area contributed by atoms with E-state index in [-0.39, 0.29) is 50.3 Å². The van der Waals surface area contributed by atoms with Gasteiger partial charge in [-0.2, -0.15) is 0 Å². The molecule has 1 rings (SSSR count). The molecule has 1 atom stereocenters. The lowest BCUT2D eigenvalue weighted by atomic mass is 10.2. The van der Waals surface area contributed by atoms with Gasteiger partial charge in [-0.1, -0.05) is 18.2 Å². The second kappa shape index (κ2) is 10.1. The molecule has 0 saturated heterocycles. The molecule has 21 heavy (non-hydrogen) atoms. The molecule has 0 spiro atoms. The van der Waals surface area contributed by atoms with E-state index in [2.05, 4.69) is 0 Å². The third-order valence-electron chi connectivity index (χ3n) is 2.95. The van der Waals surface area contributed by atoms with Gasteiger partial charge in [0.25, 0.3) is 0 Å². The van der Waals surface area contributed by atoms with Crippen molar-refractivity contribution in [3.8, 4) is 0 Å². The van der Waals surface area contributed by atoms with Crippen LogP contribution < -0.4 is 16.4 Å². The molecule has 0 bridgehead atoms. The van der Waals surface area contributed by atoms with Crippen molar-refractivity contribution in [1.29, 1.82) is 0 Å². The van der Waals surface area contributed by atoms with Gasteiger partial charge in [0.2, 0.25) is 11.8 Å². The van der Waals surface area contributed by atoms with Crippen LogP contribution in [0.5, 0.6) is 0 Å². The van der Waals surface area contributed by atoms with Crippen molar-refractivity contribution in [2.45, 2.75) is 18.9 Å². The molecular weight excluding hydrogens is 294 g/mol. The molecule has 118 valence electrons. The molecule has 0 fully saturated rings. The molecular formula is C14H22ClN3O3. The predicted octanol–water partition coefficient (Wildman–Crippen LogP) is 0.681. The van der Waals surface area contributed by atoms with Crippen LogP contribution in [0.1, 0.15) is 12.8 Å². The van der Waals surface area contributed by atoms with Crippen LogP contribution in [-0.4, -0.2) is 38.1 Å². The lowest BCUT2D eigenvalue weighted by Gasteiger charge is -2.24. The Bertz CT molecular complexity index is 438. The van der Waals surface area contributed by atoms with Gasteiger partial charge in [-0.3, -0.25) is 9.59 Å². The lowest BCUT2D eigenvalue weighted by Crippen LogP contribution is -2.38. The van der Waals surface area contributed by atoms with Crippen LogP contribution in [0.15, 0.2) is 30.3 Å². The summed E-state index contributed by atoms with van der Waals surface area (Å²) in [6.07, 6.45) is -0.0519. The summed E-state index contributed by atoms with van der Waals surface area (Å²) in [6, 6.07) is 9.14. The molecule has 1 aromatic rings. The molecule has 0 radical (unpaired) electrons. The number of methoxy groups -OCH3 is 1. The zero-order valence-corrected chi connectivity index (χ0v) is 12.8. The minimum atomic E-state index is -0.444. The number of carbonyl (C=O) groups is 2. The average molecular weight is 316 g/mol. The standard InChI is InChI=1S/C14H21N3O3.ClH/c1-20-12(10-15)9-14(19)17(8-7-13(16)18)11-5-3-2-4-6-11;/h2-6,12H,7-10,15H2,1H3,(H2,16,18);1H. The summed E-state index contributed by atoms with van der Waals surface area (Å²) < 4.78 is 5.12. The smallest absolute Gasteiger partial charge is 0.229 e. The largest absolute Gasteiger partial charge is 0.380 e. The maximum atomic E-state index is 12.3. The number of halogens is 1. The normalized spacial score (nSPS) is 11.3. The maximum Gasteiger partial charge on any atom is 0.229 e. The molecule has 7 heteroatoms. The zero-order chi connectivity index (χ0) is 15.0. The van der Waals surface area contributed by atoms with Crippen molar-refractivity contribution < 1.29 is 14.3 Å². The van der Waals surface area contributed by atoms with E-state index in [0.717, 1.165) is 5.69 Å². The fourth-order valence-corrected chi connectivity index (χ4v) is 1.80. The van der Waals surface area contributed by atoms with E-state index >= 15 is 0 Å². The van der Waals surface area contributed by atoms with Gasteiger partial charge in [-0.15, -0.1) is 12.4 Å². The van der Waals surface area contributed by atoms with Crippen molar-refractivity contribution in [3.05, 3.63) is 30.3 Å². The van der Waals surface area contributed by atoms with Crippen molar-refractivity contribution >= 4 is 29.9 Å². The molecule has 6 nitrogen and oxygen atoms in total. The Morgan fingerprint density at radius 2 is 1.90 bits per heavy atom. The quantitative estimate of drug-likeness (QED) is 0.737. The van der Waals surface area contributed by atoms with Crippen LogP contribution in [-0.2, 0) is 14.3 Å². The van der Waals surface area contributed by atoms with E-state index in [0.29, 0.717) is 0 Å². The third-order valence-corrected chi connectivity index (χ3v) is 2.95. The van der Waals surface area contributed by atoms with Crippen LogP contribution in [0.3, 0.4) is 0 Å². The van der Waals surface area contributed by atoms with Gasteiger partial charge < -0.3 is 21.1 Å². The number of rotatable bonds is 8. The Hall–Kier alpha value is -1.63. The summed E-state index contributed by atoms with van der Waals surface area (Å²) in [6.45, 7) is 0.514. The molecule has 0 aliphatic carbocycles. The van der Waals surface area contributed by atoms with Gasteiger partial charge in [0.05, 0.1) is 12.5 Å². The first kappa shape index (κ1) is 19.4. The highest BCUT2D eigenvalue weighted by molar-refractivity contribution is 5.94. The Morgan fingerprint density at radius 1 is 1.29 bits per heavy atom. The number of hydrogen-bond acceptors (Lipinski definition) is 4. The maximum absolute atomic E-state index is 12.3. The van der Waals surface area contributed by atoms with Gasteiger partial charge in [0.1, 0.15) is 0 Å². The highest BCUT2D eigenvalue weighted by atomic mass is 35.5. The summed E-state index contributed by atoms with van der Waals surface area (Å²) >= 11 is 0. The minimum absolute atomic E-state index is 0. The fraction of sp³-hybridized carbons (Fsp3) is 0.429. The molecule has 0 saturated carbocycles. The number of para-hydroxylation sites is 1. The summed E-state index contributed by atoms with van der Waals surface area (Å²) in [5.41, 5.74) is 11.4. The van der Waals surface area contributed by atoms with E-state index in [1.54, 1.807) is 0 Å². The van der Waals surface area contributed by atoms with Crippen LogP contribution in [0.4, 0.5) is 5.69 Å². The van der Waals surface area contributed by atoms with Gasteiger partial charge in [-0.05, 0) is 12.1 Å². The number of ether oxygens (including phenoxy) is 1. The summed E-state index contributed by atoms with van der Waals surface area (Å²) in [5.74, 6) is -0.587. The van der Waals surface area contributed by atoms with Gasteiger partial charge in [0.15, 0.2) is 0 Å². The summed E-state index contributed by atoms with van der Waals surface area (Å²) in [7, 11) is 1.51. The molecule has 0 aliphatic rings. The first-order valence-electron chi connectivity index (χ1n) is 6.45. The van der Waals surface area contributed by atoms with Crippen molar-refractivity contribution in [2.75, 3.05) is 25.1 Å². The van der Waals surface area contributed by atoms with E-state index in [1.807, 2.05) is 30.3 Å². The Labute approximate surface area is 130 Å². The second-order valence-corrected chi connectivity index (χ2v) is 4.39. The summed E-state index contributed by atoms with van der Waals surface area (Å²) in [5, 5.41) is 0. The number of nitrogens with zero attached hydrogens (tertiary/aromatic N) is 1.